The Kier molecular flexibility index (Phi) is 5.36. The highest BCUT2D eigenvalue weighted by Crippen LogP contribution is 2.30. The second kappa shape index (κ2) is 7.04. The van der Waals surface area contributed by atoms with Gasteiger partial charge in [-0.1, -0.05) is 13.8 Å². The van der Waals surface area contributed by atoms with Gasteiger partial charge in [0.1, 0.15) is 0 Å². The lowest BCUT2D eigenvalue weighted by Gasteiger charge is -2.27. The molecule has 1 heterocycles. The first-order valence-electron chi connectivity index (χ1n) is 7.74. The van der Waals surface area contributed by atoms with Crippen molar-refractivity contribution in [2.75, 3.05) is 13.2 Å². The van der Waals surface area contributed by atoms with Crippen LogP contribution in [0, 0.1) is 11.8 Å². The number of carbonyl (C=O) groups excluding carboxylic acids is 1. The Morgan fingerprint density at radius 2 is 2.38 bits per heavy atom. The van der Waals surface area contributed by atoms with Crippen LogP contribution in [0.25, 0.3) is 0 Å². The predicted octanol–water partition coefficient (Wildman–Crippen LogP) is 0.600. The van der Waals surface area contributed by atoms with Crippen molar-refractivity contribution in [3.8, 4) is 0 Å². The standard InChI is InChI=1S/C15H26N4O2/c1-10(2)11(8-16)15(21)18-13-4-3-5-14-12(13)9-17-19(14)6-7-20/h9-11,13,20H,3-8,16H2,1-2H3,(H,18,21). The van der Waals surface area contributed by atoms with Gasteiger partial charge in [-0.15, -0.1) is 0 Å². The minimum Gasteiger partial charge on any atom is -0.394 e. The average molecular weight is 294 g/mol. The summed E-state index contributed by atoms with van der Waals surface area (Å²) in [7, 11) is 0. The number of nitrogens with one attached hydrogen (secondary N) is 1. The minimum absolute atomic E-state index is 0.0153. The summed E-state index contributed by atoms with van der Waals surface area (Å²) in [5.41, 5.74) is 7.93. The van der Waals surface area contributed by atoms with E-state index < -0.39 is 0 Å². The van der Waals surface area contributed by atoms with Crippen LogP contribution in [0.4, 0.5) is 0 Å². The van der Waals surface area contributed by atoms with E-state index in [2.05, 4.69) is 10.4 Å². The lowest BCUT2D eigenvalue weighted by Crippen LogP contribution is -2.40. The number of aliphatic hydroxyl groups excluding tert-OH is 1. The molecule has 0 spiro atoms. The topological polar surface area (TPSA) is 93.2 Å². The van der Waals surface area contributed by atoms with Gasteiger partial charge < -0.3 is 16.2 Å². The maximum absolute atomic E-state index is 12.4. The Bertz CT molecular complexity index is 484. The number of fused-ring (bicyclic) bond motifs is 1. The van der Waals surface area contributed by atoms with Gasteiger partial charge in [-0.25, -0.2) is 0 Å². The molecule has 1 amide bonds. The maximum atomic E-state index is 12.4. The molecule has 1 aliphatic rings. The first-order chi connectivity index (χ1) is 10.1. The van der Waals surface area contributed by atoms with Gasteiger partial charge in [0.15, 0.2) is 0 Å². The lowest BCUT2D eigenvalue weighted by atomic mass is 9.90. The molecule has 6 nitrogen and oxygen atoms in total. The fraction of sp³-hybridized carbons (Fsp3) is 0.733. The van der Waals surface area contributed by atoms with E-state index in [1.165, 1.54) is 0 Å². The zero-order valence-corrected chi connectivity index (χ0v) is 12.9. The summed E-state index contributed by atoms with van der Waals surface area (Å²) in [4.78, 5) is 12.4. The van der Waals surface area contributed by atoms with E-state index in [9.17, 15) is 4.79 Å². The Balaban J connectivity index is 2.11. The third-order valence-corrected chi connectivity index (χ3v) is 4.29. The number of hydrogen-bond acceptors (Lipinski definition) is 4. The van der Waals surface area contributed by atoms with Gasteiger partial charge in [-0.2, -0.15) is 5.10 Å². The van der Waals surface area contributed by atoms with Crippen LogP contribution in [0.5, 0.6) is 0 Å². The van der Waals surface area contributed by atoms with E-state index in [-0.39, 0.29) is 30.4 Å². The summed E-state index contributed by atoms with van der Waals surface area (Å²) in [5.74, 6) is 0.110. The van der Waals surface area contributed by atoms with Crippen LogP contribution in [0.3, 0.4) is 0 Å². The monoisotopic (exact) mass is 294 g/mol. The maximum Gasteiger partial charge on any atom is 0.225 e. The second-order valence-electron chi connectivity index (χ2n) is 6.03. The number of aromatic nitrogens is 2. The summed E-state index contributed by atoms with van der Waals surface area (Å²) >= 11 is 0. The van der Waals surface area contributed by atoms with Crippen molar-refractivity contribution in [3.05, 3.63) is 17.5 Å². The Hall–Kier alpha value is -1.40. The lowest BCUT2D eigenvalue weighted by molar-refractivity contribution is -0.126. The van der Waals surface area contributed by atoms with E-state index >= 15 is 0 Å². The largest absolute Gasteiger partial charge is 0.394 e. The Labute approximate surface area is 125 Å². The van der Waals surface area contributed by atoms with Crippen molar-refractivity contribution in [1.82, 2.24) is 15.1 Å². The first kappa shape index (κ1) is 16.0. The molecule has 1 aliphatic carbocycles. The number of carbonyl (C=O) groups is 1. The highest BCUT2D eigenvalue weighted by Gasteiger charge is 2.28. The molecule has 2 unspecified atom stereocenters. The molecule has 2 rings (SSSR count). The molecule has 6 heteroatoms. The van der Waals surface area contributed by atoms with Gasteiger partial charge in [-0.05, 0) is 25.2 Å². The number of nitrogens with zero attached hydrogens (tertiary/aromatic N) is 2. The summed E-state index contributed by atoms with van der Waals surface area (Å²) in [5, 5.41) is 16.5. The van der Waals surface area contributed by atoms with E-state index in [4.69, 9.17) is 10.8 Å². The zero-order valence-electron chi connectivity index (χ0n) is 12.9. The van der Waals surface area contributed by atoms with Gasteiger partial charge in [-0.3, -0.25) is 9.48 Å². The first-order valence-corrected chi connectivity index (χ1v) is 7.74. The summed E-state index contributed by atoms with van der Waals surface area (Å²) < 4.78 is 1.84. The second-order valence-corrected chi connectivity index (χ2v) is 6.03. The molecule has 0 saturated carbocycles. The van der Waals surface area contributed by atoms with E-state index in [1.54, 1.807) is 0 Å². The van der Waals surface area contributed by atoms with Crippen molar-refractivity contribution in [2.24, 2.45) is 17.6 Å². The smallest absolute Gasteiger partial charge is 0.225 e. The van der Waals surface area contributed by atoms with E-state index in [1.807, 2.05) is 24.7 Å². The highest BCUT2D eigenvalue weighted by molar-refractivity contribution is 5.79. The Morgan fingerprint density at radius 3 is 3.00 bits per heavy atom. The fourth-order valence-electron chi connectivity index (χ4n) is 3.02. The van der Waals surface area contributed by atoms with Gasteiger partial charge in [0.25, 0.3) is 0 Å². The molecule has 21 heavy (non-hydrogen) atoms. The molecule has 4 N–H and O–H groups in total. The van der Waals surface area contributed by atoms with E-state index in [0.29, 0.717) is 13.1 Å². The number of rotatable bonds is 6. The Morgan fingerprint density at radius 1 is 1.62 bits per heavy atom. The minimum atomic E-state index is -0.150. The average Bonchev–Trinajstić information content (AvgIpc) is 2.84. The number of hydrogen-bond donors (Lipinski definition) is 3. The van der Waals surface area contributed by atoms with Crippen molar-refractivity contribution < 1.29 is 9.90 Å². The summed E-state index contributed by atoms with van der Waals surface area (Å²) in [6.07, 6.45) is 4.72. The molecule has 2 atom stereocenters. The fourth-order valence-corrected chi connectivity index (χ4v) is 3.02. The molecular weight excluding hydrogens is 268 g/mol. The van der Waals surface area contributed by atoms with E-state index in [0.717, 1.165) is 30.5 Å². The third kappa shape index (κ3) is 3.44. The van der Waals surface area contributed by atoms with Crippen LogP contribution in [0.2, 0.25) is 0 Å². The van der Waals surface area contributed by atoms with Crippen LogP contribution in [-0.2, 0) is 17.8 Å². The van der Waals surface area contributed by atoms with Crippen LogP contribution in [0.15, 0.2) is 6.20 Å². The highest BCUT2D eigenvalue weighted by atomic mass is 16.3. The molecule has 0 radical (unpaired) electrons. The molecule has 0 aromatic carbocycles. The molecular formula is C15H26N4O2. The predicted molar refractivity (Wildman–Crippen MR) is 80.5 cm³/mol. The SMILES string of the molecule is CC(C)C(CN)C(=O)NC1CCCc2c1cnn2CCO. The summed E-state index contributed by atoms with van der Waals surface area (Å²) in [6, 6.07) is 0.0153. The molecule has 0 bridgehead atoms. The molecule has 1 aromatic heterocycles. The molecule has 1 aromatic rings. The summed E-state index contributed by atoms with van der Waals surface area (Å²) in [6.45, 7) is 4.99. The normalized spacial score (nSPS) is 19.4. The number of aliphatic hydroxyl groups is 1. The van der Waals surface area contributed by atoms with Crippen LogP contribution < -0.4 is 11.1 Å². The van der Waals surface area contributed by atoms with Crippen molar-refractivity contribution in [1.29, 1.82) is 0 Å². The molecule has 118 valence electrons. The number of amides is 1. The van der Waals surface area contributed by atoms with Gasteiger partial charge in [0.05, 0.1) is 31.3 Å². The van der Waals surface area contributed by atoms with Gasteiger partial charge >= 0.3 is 0 Å². The zero-order chi connectivity index (χ0) is 15.4. The van der Waals surface area contributed by atoms with Crippen molar-refractivity contribution >= 4 is 5.91 Å². The van der Waals surface area contributed by atoms with Crippen molar-refractivity contribution in [3.63, 3.8) is 0 Å². The van der Waals surface area contributed by atoms with Crippen LogP contribution in [-0.4, -0.2) is 33.9 Å². The van der Waals surface area contributed by atoms with Crippen LogP contribution in [0.1, 0.15) is 44.0 Å². The molecule has 0 fully saturated rings. The van der Waals surface area contributed by atoms with Crippen LogP contribution >= 0.6 is 0 Å². The number of nitrogens with two attached hydrogens (primary N) is 1. The van der Waals surface area contributed by atoms with Crippen molar-refractivity contribution in [2.45, 2.75) is 45.7 Å². The molecule has 0 aliphatic heterocycles. The molecule has 0 saturated heterocycles. The third-order valence-electron chi connectivity index (χ3n) is 4.29. The van der Waals surface area contributed by atoms with Gasteiger partial charge in [0, 0.05) is 17.8 Å². The quantitative estimate of drug-likeness (QED) is 0.716. The van der Waals surface area contributed by atoms with Gasteiger partial charge in [0.2, 0.25) is 5.91 Å².